The monoisotopic (exact) mass is 669 g/mol. The van der Waals surface area contributed by atoms with Gasteiger partial charge in [-0.1, -0.05) is 103 Å². The summed E-state index contributed by atoms with van der Waals surface area (Å²) >= 11 is 0. The Morgan fingerprint density at radius 2 is 1.08 bits per heavy atom. The third-order valence-corrected chi connectivity index (χ3v) is 8.14. The summed E-state index contributed by atoms with van der Waals surface area (Å²) in [6.45, 7) is 6.29. The zero-order valence-corrected chi connectivity index (χ0v) is 28.6. The molecule has 9 nitrogen and oxygen atoms in total. The Morgan fingerprint density at radius 3 is 1.55 bits per heavy atom. The zero-order valence-electron chi connectivity index (χ0n) is 28.6. The number of aliphatic hydroxyl groups excluding tert-OH is 1. The highest BCUT2D eigenvalue weighted by atomic mass is 16.6. The molecule has 0 bridgehead atoms. The lowest BCUT2D eigenvalue weighted by Crippen LogP contribution is -2.70. The van der Waals surface area contributed by atoms with Gasteiger partial charge in [0.2, 0.25) is 0 Å². The zero-order chi connectivity index (χ0) is 34.6. The van der Waals surface area contributed by atoms with Gasteiger partial charge in [-0.05, 0) is 55.2 Å². The van der Waals surface area contributed by atoms with Crippen molar-refractivity contribution in [1.82, 2.24) is 4.90 Å². The van der Waals surface area contributed by atoms with Gasteiger partial charge in [-0.2, -0.15) is 0 Å². The fraction of sp³-hybridized carbons (Fsp3) is 0.375. The van der Waals surface area contributed by atoms with Crippen LogP contribution in [0, 0.1) is 0 Å². The summed E-state index contributed by atoms with van der Waals surface area (Å²) in [7, 11) is 1.62. The van der Waals surface area contributed by atoms with Crippen molar-refractivity contribution in [3.8, 4) is 5.75 Å². The van der Waals surface area contributed by atoms with Gasteiger partial charge in [0.25, 0.3) is 0 Å². The molecule has 9 heteroatoms. The van der Waals surface area contributed by atoms with E-state index in [-0.39, 0.29) is 33.0 Å². The Balaban J connectivity index is 1.50. The number of likely N-dealkylation sites (tertiary alicyclic amines) is 1. The van der Waals surface area contributed by atoms with Crippen molar-refractivity contribution in [2.45, 2.75) is 83.4 Å². The van der Waals surface area contributed by atoms with Crippen molar-refractivity contribution in [1.29, 1.82) is 0 Å². The van der Waals surface area contributed by atoms with Gasteiger partial charge in [0, 0.05) is 0 Å². The first-order valence-electron chi connectivity index (χ1n) is 16.6. The van der Waals surface area contributed by atoms with E-state index in [2.05, 4.69) is 0 Å². The second kappa shape index (κ2) is 17.4. The minimum atomic E-state index is -1.44. The standard InChI is InChI=1S/C40H47NO8/c1-40(2,3)49-39(43)41-34(28-45-24-32-20-22-33(44-4)23-21-32)35(46-25-29-14-8-5-9-15-29)36(47-26-30-16-10-6-11-17-30)37(38(41)42)48-27-31-18-12-7-13-19-31/h5-23,34-38,42H,24-28H2,1-4H3/t34-,35-,36+,37-,38?/m1/s1. The largest absolute Gasteiger partial charge is 0.497 e. The summed E-state index contributed by atoms with van der Waals surface area (Å²) in [5, 5.41) is 12.1. The van der Waals surface area contributed by atoms with Crippen molar-refractivity contribution in [2.75, 3.05) is 13.7 Å². The predicted molar refractivity (Wildman–Crippen MR) is 186 cm³/mol. The summed E-state index contributed by atoms with van der Waals surface area (Å²) in [5.74, 6) is 0.740. The Labute approximate surface area is 289 Å². The van der Waals surface area contributed by atoms with Crippen LogP contribution in [0.25, 0.3) is 0 Å². The van der Waals surface area contributed by atoms with Gasteiger partial charge in [-0.3, -0.25) is 4.90 Å². The molecule has 1 saturated heterocycles. The van der Waals surface area contributed by atoms with E-state index in [1.54, 1.807) is 27.9 Å². The molecule has 1 fully saturated rings. The van der Waals surface area contributed by atoms with Crippen LogP contribution in [0.1, 0.15) is 43.0 Å². The first kappa shape index (κ1) is 36.0. The molecule has 1 aliphatic rings. The van der Waals surface area contributed by atoms with Crippen LogP contribution in [-0.4, -0.2) is 66.0 Å². The number of amides is 1. The van der Waals surface area contributed by atoms with E-state index in [1.807, 2.05) is 115 Å². The van der Waals surface area contributed by atoms with Crippen molar-refractivity contribution < 1.29 is 38.3 Å². The van der Waals surface area contributed by atoms with Crippen LogP contribution < -0.4 is 4.74 Å². The molecular formula is C40H47NO8. The molecule has 5 rings (SSSR count). The second-order valence-corrected chi connectivity index (χ2v) is 13.0. The number of carbonyl (C=O) groups is 1. The lowest BCUT2D eigenvalue weighted by molar-refractivity contribution is -0.258. The van der Waals surface area contributed by atoms with Crippen LogP contribution in [-0.2, 0) is 50.1 Å². The molecule has 0 saturated carbocycles. The molecule has 4 aromatic rings. The number of carbonyl (C=O) groups excluding carboxylic acids is 1. The molecule has 260 valence electrons. The summed E-state index contributed by atoms with van der Waals surface area (Å²) in [4.78, 5) is 15.3. The number of rotatable bonds is 14. The van der Waals surface area contributed by atoms with Crippen molar-refractivity contribution in [3.63, 3.8) is 0 Å². The number of aliphatic hydroxyl groups is 1. The molecule has 49 heavy (non-hydrogen) atoms. The quantitative estimate of drug-likeness (QED) is 0.155. The summed E-state index contributed by atoms with van der Waals surface area (Å²) < 4.78 is 37.2. The normalized spacial score (nSPS) is 20.9. The molecule has 0 radical (unpaired) electrons. The van der Waals surface area contributed by atoms with E-state index in [0.29, 0.717) is 0 Å². The van der Waals surface area contributed by atoms with E-state index in [1.165, 1.54) is 4.90 Å². The average molecular weight is 670 g/mol. The van der Waals surface area contributed by atoms with Gasteiger partial charge in [0.15, 0.2) is 6.23 Å². The van der Waals surface area contributed by atoms with E-state index >= 15 is 0 Å². The molecule has 1 aliphatic heterocycles. The Kier molecular flexibility index (Phi) is 12.8. The van der Waals surface area contributed by atoms with Crippen LogP contribution in [0.5, 0.6) is 5.75 Å². The molecule has 1 heterocycles. The maximum absolute atomic E-state index is 14.0. The van der Waals surface area contributed by atoms with Gasteiger partial charge >= 0.3 is 6.09 Å². The van der Waals surface area contributed by atoms with Gasteiger partial charge < -0.3 is 33.5 Å². The minimum absolute atomic E-state index is 0.0262. The number of nitrogens with zero attached hydrogens (tertiary/aromatic N) is 1. The highest BCUT2D eigenvalue weighted by Crippen LogP contribution is 2.33. The van der Waals surface area contributed by atoms with E-state index in [9.17, 15) is 9.90 Å². The van der Waals surface area contributed by atoms with E-state index in [4.69, 9.17) is 28.4 Å². The maximum atomic E-state index is 14.0. The number of hydrogen-bond acceptors (Lipinski definition) is 8. The molecule has 1 unspecified atom stereocenters. The average Bonchev–Trinajstić information content (AvgIpc) is 3.10. The molecule has 1 N–H and O–H groups in total. The molecule has 0 aromatic heterocycles. The Hall–Kier alpha value is -4.25. The van der Waals surface area contributed by atoms with Crippen molar-refractivity contribution in [3.05, 3.63) is 138 Å². The molecule has 4 aromatic carbocycles. The summed E-state index contributed by atoms with van der Waals surface area (Å²) in [6, 6.07) is 36.0. The summed E-state index contributed by atoms with van der Waals surface area (Å²) in [5.41, 5.74) is 2.89. The third kappa shape index (κ3) is 10.4. The van der Waals surface area contributed by atoms with E-state index in [0.717, 1.165) is 28.0 Å². The molecule has 5 atom stereocenters. The van der Waals surface area contributed by atoms with Crippen molar-refractivity contribution >= 4 is 6.09 Å². The lowest BCUT2D eigenvalue weighted by atomic mass is 9.92. The fourth-order valence-electron chi connectivity index (χ4n) is 5.72. The predicted octanol–water partition coefficient (Wildman–Crippen LogP) is 6.91. The van der Waals surface area contributed by atoms with Gasteiger partial charge in [0.05, 0.1) is 46.2 Å². The second-order valence-electron chi connectivity index (χ2n) is 13.0. The topological polar surface area (TPSA) is 95.9 Å². The van der Waals surface area contributed by atoms with Gasteiger partial charge in [-0.15, -0.1) is 0 Å². The van der Waals surface area contributed by atoms with Gasteiger partial charge in [-0.25, -0.2) is 4.79 Å². The van der Waals surface area contributed by atoms with Crippen LogP contribution in [0.2, 0.25) is 0 Å². The molecular weight excluding hydrogens is 622 g/mol. The molecule has 0 spiro atoms. The highest BCUT2D eigenvalue weighted by Gasteiger charge is 2.54. The highest BCUT2D eigenvalue weighted by molar-refractivity contribution is 5.69. The van der Waals surface area contributed by atoms with Gasteiger partial charge in [0.1, 0.15) is 29.7 Å². The van der Waals surface area contributed by atoms with Crippen LogP contribution in [0.15, 0.2) is 115 Å². The van der Waals surface area contributed by atoms with Crippen LogP contribution >= 0.6 is 0 Å². The first-order chi connectivity index (χ1) is 23.7. The number of methoxy groups -OCH3 is 1. The fourth-order valence-corrected chi connectivity index (χ4v) is 5.72. The first-order valence-corrected chi connectivity index (χ1v) is 16.6. The number of hydrogen-bond donors (Lipinski definition) is 1. The smallest absolute Gasteiger partial charge is 0.412 e. The molecule has 0 aliphatic carbocycles. The Bertz CT molecular complexity index is 1550. The van der Waals surface area contributed by atoms with Crippen LogP contribution in [0.4, 0.5) is 4.79 Å². The van der Waals surface area contributed by atoms with Crippen LogP contribution in [0.3, 0.4) is 0 Å². The number of benzene rings is 4. The number of ether oxygens (including phenoxy) is 6. The summed E-state index contributed by atoms with van der Waals surface area (Å²) in [6.07, 6.45) is -4.71. The van der Waals surface area contributed by atoms with E-state index < -0.39 is 42.3 Å². The third-order valence-electron chi connectivity index (χ3n) is 8.14. The van der Waals surface area contributed by atoms with Crippen molar-refractivity contribution in [2.24, 2.45) is 0 Å². The number of piperidine rings is 1. The lowest BCUT2D eigenvalue weighted by Gasteiger charge is -2.50. The SMILES string of the molecule is COc1ccc(COC[C@@H]2[C@@H](OCc3ccccc3)[C@H](OCc3ccccc3)[C@@H](OCc3ccccc3)C(O)N2C(=O)OC(C)(C)C)cc1. The molecule has 1 amide bonds. The maximum Gasteiger partial charge on any atom is 0.412 e. The minimum Gasteiger partial charge on any atom is -0.497 e. The Morgan fingerprint density at radius 1 is 0.633 bits per heavy atom.